The average Bonchev–Trinajstić information content (AvgIpc) is 4.08. The lowest BCUT2D eigenvalue weighted by Gasteiger charge is -2.62. The number of carbonyl (C=O) groups excluding carboxylic acids is 1. The number of benzene rings is 3. The van der Waals surface area contributed by atoms with Crippen LogP contribution in [0.25, 0.3) is 11.0 Å². The maximum Gasteiger partial charge on any atom is 0.297 e. The van der Waals surface area contributed by atoms with Gasteiger partial charge in [-0.1, -0.05) is 24.3 Å². The Kier molecular flexibility index (Phi) is 9.96. The number of aromatic amines is 1. The van der Waals surface area contributed by atoms with Gasteiger partial charge in [0.15, 0.2) is 11.4 Å². The van der Waals surface area contributed by atoms with Crippen LogP contribution in [0.5, 0.6) is 11.6 Å². The van der Waals surface area contributed by atoms with Gasteiger partial charge < -0.3 is 39.0 Å². The lowest BCUT2D eigenvalue weighted by atomic mass is 9.60. The van der Waals surface area contributed by atoms with Crippen molar-refractivity contribution in [3.05, 3.63) is 99.7 Å². The second kappa shape index (κ2) is 15.8. The number of likely N-dealkylation sites (tertiary alicyclic amines) is 1. The summed E-state index contributed by atoms with van der Waals surface area (Å²) in [6.07, 6.45) is 7.59. The molecule has 5 fully saturated rings. The normalized spacial score (nSPS) is 24.9. The number of aromatic nitrogens is 2. The van der Waals surface area contributed by atoms with Crippen molar-refractivity contribution in [2.75, 3.05) is 67.8 Å². The number of fused-ring (bicyclic) bond motifs is 4. The van der Waals surface area contributed by atoms with E-state index in [0.29, 0.717) is 61.4 Å². The SMILES string of the molecule is Cc1ccccc1[C@@H]1CCCN1C1CC2(C1)CN(c1ccc(C(=O)NS(=O)(=O)c3cc4c(c([N+](=O)[O-])c3)N[C@H](C3CCOCC3)CO4)c(N3c4cc5cc[nH]c5nc4O[C@H]4COC[C@@H]43)c1)C2. The molecule has 3 N–H and O–H groups in total. The lowest BCUT2D eigenvalue weighted by Crippen LogP contribution is -2.66. The molecule has 1 spiro atoms. The van der Waals surface area contributed by atoms with Crippen molar-refractivity contribution in [3.63, 3.8) is 0 Å². The van der Waals surface area contributed by atoms with Crippen LogP contribution in [0.1, 0.15) is 66.1 Å². The van der Waals surface area contributed by atoms with Crippen LogP contribution < -0.4 is 29.3 Å². The number of H-pyrrole nitrogens is 1. The predicted molar refractivity (Wildman–Crippen MR) is 245 cm³/mol. The topological polar surface area (TPSA) is 194 Å². The molecule has 18 heteroatoms. The summed E-state index contributed by atoms with van der Waals surface area (Å²) in [5.41, 5.74) is 5.38. The van der Waals surface area contributed by atoms with Gasteiger partial charge in [0.25, 0.3) is 21.6 Å². The number of carbonyl (C=O) groups is 1. The first-order valence-corrected chi connectivity index (χ1v) is 24.6. The molecule has 4 atom stereocenters. The molecular formula is C48H52N8O9S. The van der Waals surface area contributed by atoms with Gasteiger partial charge in [-0.2, -0.15) is 4.98 Å². The summed E-state index contributed by atoms with van der Waals surface area (Å²) in [5.74, 6) is -0.327. The third-order valence-corrected chi connectivity index (χ3v) is 16.6. The summed E-state index contributed by atoms with van der Waals surface area (Å²) in [7, 11) is -4.67. The summed E-state index contributed by atoms with van der Waals surface area (Å²) < 4.78 is 54.6. The first-order valence-electron chi connectivity index (χ1n) is 23.1. The van der Waals surface area contributed by atoms with Crippen LogP contribution in [0.4, 0.5) is 28.4 Å². The summed E-state index contributed by atoms with van der Waals surface area (Å²) in [6, 6.07) is 20.8. The van der Waals surface area contributed by atoms with E-state index in [1.807, 2.05) is 29.2 Å². The molecule has 0 bridgehead atoms. The summed E-state index contributed by atoms with van der Waals surface area (Å²) >= 11 is 0. The lowest BCUT2D eigenvalue weighted by molar-refractivity contribution is -0.384. The molecule has 1 saturated carbocycles. The van der Waals surface area contributed by atoms with Gasteiger partial charge in [-0.25, -0.2) is 13.1 Å². The van der Waals surface area contributed by atoms with Gasteiger partial charge in [-0.05, 0) is 99.4 Å². The molecule has 6 aliphatic heterocycles. The molecule has 5 aromatic rings. The Hall–Kier alpha value is -5.95. The highest BCUT2D eigenvalue weighted by atomic mass is 32.2. The number of ether oxygens (including phenoxy) is 4. The van der Waals surface area contributed by atoms with E-state index >= 15 is 0 Å². The fraction of sp³-hybridized carbons (Fsp3) is 0.458. The third kappa shape index (κ3) is 7.02. The number of nitro groups is 1. The van der Waals surface area contributed by atoms with Crippen molar-refractivity contribution in [2.45, 2.75) is 80.6 Å². The summed E-state index contributed by atoms with van der Waals surface area (Å²) in [5, 5.41) is 16.5. The number of hydrogen-bond donors (Lipinski definition) is 3. The Morgan fingerprint density at radius 1 is 0.970 bits per heavy atom. The fourth-order valence-corrected chi connectivity index (χ4v) is 12.9. The highest BCUT2D eigenvalue weighted by Gasteiger charge is 2.55. The Labute approximate surface area is 381 Å². The highest BCUT2D eigenvalue weighted by Crippen LogP contribution is 2.55. The number of nitrogens with zero attached hydrogens (tertiary/aromatic N) is 5. The summed E-state index contributed by atoms with van der Waals surface area (Å²) in [6.45, 7) is 7.06. The second-order valence-corrected chi connectivity index (χ2v) is 20.9. The van der Waals surface area contributed by atoms with Crippen molar-refractivity contribution in [1.82, 2.24) is 19.6 Å². The van der Waals surface area contributed by atoms with Crippen LogP contribution in [-0.4, -0.2) is 111 Å². The Morgan fingerprint density at radius 2 is 1.80 bits per heavy atom. The molecule has 8 heterocycles. The van der Waals surface area contributed by atoms with E-state index in [1.165, 1.54) is 30.0 Å². The minimum absolute atomic E-state index is 0.0304. The molecule has 1 aliphatic carbocycles. The molecule has 4 saturated heterocycles. The molecule has 3 aromatic carbocycles. The van der Waals surface area contributed by atoms with Crippen LogP contribution in [0.15, 0.2) is 77.8 Å². The zero-order valence-electron chi connectivity index (χ0n) is 36.6. The largest absolute Gasteiger partial charge is 0.489 e. The molecule has 7 aliphatic rings. The van der Waals surface area contributed by atoms with E-state index in [1.54, 1.807) is 12.3 Å². The minimum atomic E-state index is -4.67. The Balaban J connectivity index is 0.848. The first kappa shape index (κ1) is 41.5. The molecule has 0 radical (unpaired) electrons. The molecule has 12 rings (SSSR count). The van der Waals surface area contributed by atoms with Crippen molar-refractivity contribution >= 4 is 55.4 Å². The average molecular weight is 917 g/mol. The van der Waals surface area contributed by atoms with Crippen molar-refractivity contribution < 1.29 is 37.1 Å². The van der Waals surface area contributed by atoms with Crippen LogP contribution in [0.2, 0.25) is 0 Å². The number of aryl methyl sites for hydroxylation is 1. The standard InChI is InChI=1S/C48H52N8O9S/c1-28-5-2-3-6-34(28)37-7-4-14-54(37)32-21-48(22-32)26-53(27-48)31-8-9-35(38(18-31)55-40-17-30-10-13-49-45(30)51-47(40)65-43-25-63-24-41(43)55)46(57)52-66(60,61)33-19-39(56(58)59)44-42(20-33)64-23-36(50-44)29-11-15-62-16-12-29/h2-3,5-6,8-10,13,17-20,29,32,36-37,41,43,50H,4,7,11-12,14-16,21-27H2,1H3,(H,49,51)(H,52,57)/t36-,37-,41-,43-/m0/s1. The van der Waals surface area contributed by atoms with E-state index < -0.39 is 37.5 Å². The quantitative estimate of drug-likeness (QED) is 0.106. The van der Waals surface area contributed by atoms with Gasteiger partial charge in [0.1, 0.15) is 24.0 Å². The molecular weight excluding hydrogens is 865 g/mol. The van der Waals surface area contributed by atoms with Crippen LogP contribution in [-0.2, 0) is 19.5 Å². The summed E-state index contributed by atoms with van der Waals surface area (Å²) in [4.78, 5) is 41.0. The van der Waals surface area contributed by atoms with Gasteiger partial charge in [0.05, 0.1) is 46.4 Å². The van der Waals surface area contributed by atoms with Crippen molar-refractivity contribution in [1.29, 1.82) is 0 Å². The number of nitro benzene ring substituents is 1. The third-order valence-electron chi connectivity index (χ3n) is 15.3. The van der Waals surface area contributed by atoms with E-state index in [0.717, 1.165) is 62.5 Å². The smallest absolute Gasteiger partial charge is 0.297 e. The van der Waals surface area contributed by atoms with E-state index in [2.05, 4.69) is 56.0 Å². The van der Waals surface area contributed by atoms with Gasteiger partial charge in [0, 0.05) is 73.2 Å². The molecule has 17 nitrogen and oxygen atoms in total. The Bertz CT molecular complexity index is 2870. The van der Waals surface area contributed by atoms with Gasteiger partial charge in [-0.15, -0.1) is 0 Å². The predicted octanol–water partition coefficient (Wildman–Crippen LogP) is 6.60. The van der Waals surface area contributed by atoms with E-state index in [9.17, 15) is 23.3 Å². The minimum Gasteiger partial charge on any atom is -0.489 e. The van der Waals surface area contributed by atoms with Gasteiger partial charge in [-0.3, -0.25) is 19.8 Å². The molecule has 1 amide bonds. The van der Waals surface area contributed by atoms with Crippen molar-refractivity contribution in [2.24, 2.45) is 11.3 Å². The van der Waals surface area contributed by atoms with E-state index in [-0.39, 0.29) is 47.0 Å². The zero-order chi connectivity index (χ0) is 44.9. The number of pyridine rings is 1. The van der Waals surface area contributed by atoms with Crippen LogP contribution in [0, 0.1) is 28.4 Å². The molecule has 2 aromatic heterocycles. The number of anilines is 4. The van der Waals surface area contributed by atoms with Crippen LogP contribution in [0.3, 0.4) is 0 Å². The van der Waals surface area contributed by atoms with Crippen LogP contribution >= 0.6 is 0 Å². The maximum absolute atomic E-state index is 14.6. The second-order valence-electron chi connectivity index (χ2n) is 19.3. The Morgan fingerprint density at radius 3 is 2.62 bits per heavy atom. The maximum atomic E-state index is 14.6. The molecule has 0 unspecified atom stereocenters. The molecule has 66 heavy (non-hydrogen) atoms. The van der Waals surface area contributed by atoms with Gasteiger partial charge >= 0.3 is 0 Å². The molecule has 344 valence electrons. The van der Waals surface area contributed by atoms with Gasteiger partial charge in [0.2, 0.25) is 5.88 Å². The number of rotatable bonds is 9. The zero-order valence-corrected chi connectivity index (χ0v) is 37.4. The number of amides is 1. The number of nitrogens with one attached hydrogen (secondary N) is 3. The first-order chi connectivity index (χ1) is 32.0. The number of sulfonamides is 1. The highest BCUT2D eigenvalue weighted by molar-refractivity contribution is 7.90. The number of hydrogen-bond acceptors (Lipinski definition) is 14. The van der Waals surface area contributed by atoms with E-state index in [4.69, 9.17) is 23.9 Å². The fourth-order valence-electron chi connectivity index (χ4n) is 11.9. The monoisotopic (exact) mass is 916 g/mol. The van der Waals surface area contributed by atoms with Crippen molar-refractivity contribution in [3.8, 4) is 11.6 Å².